The Balaban J connectivity index is 2.04. The van der Waals surface area contributed by atoms with Crippen molar-refractivity contribution in [3.05, 3.63) is 0 Å². The number of nitrogens with zero attached hydrogens (tertiary/aromatic N) is 3. The number of amides is 5. The molecule has 0 saturated carbocycles. The van der Waals surface area contributed by atoms with Gasteiger partial charge in [0.05, 0.1) is 6.42 Å². The molecule has 9 nitrogen and oxygen atoms in total. The van der Waals surface area contributed by atoms with Gasteiger partial charge >= 0.3 is 12.0 Å². The highest BCUT2D eigenvalue weighted by molar-refractivity contribution is 6.06. The Hall–Kier alpha value is -2.45. The van der Waals surface area contributed by atoms with Gasteiger partial charge in [0.25, 0.3) is 17.7 Å². The van der Waals surface area contributed by atoms with Crippen LogP contribution in [0, 0.1) is 0 Å². The third-order valence-corrected chi connectivity index (χ3v) is 3.62. The van der Waals surface area contributed by atoms with Gasteiger partial charge < -0.3 is 9.74 Å². The number of rotatable bonds is 5. The fourth-order valence-electron chi connectivity index (χ4n) is 2.49. The lowest BCUT2D eigenvalue weighted by atomic mass is 10.2. The van der Waals surface area contributed by atoms with E-state index in [9.17, 15) is 24.0 Å². The Morgan fingerprint density at radius 1 is 1.09 bits per heavy atom. The van der Waals surface area contributed by atoms with Crippen molar-refractivity contribution in [3.8, 4) is 0 Å². The van der Waals surface area contributed by atoms with E-state index in [4.69, 9.17) is 4.84 Å². The van der Waals surface area contributed by atoms with E-state index in [-0.39, 0.29) is 25.9 Å². The van der Waals surface area contributed by atoms with E-state index in [2.05, 4.69) is 0 Å². The van der Waals surface area contributed by atoms with Crippen molar-refractivity contribution in [2.45, 2.75) is 39.2 Å². The predicted octanol–water partition coefficient (Wildman–Crippen LogP) is -0.344. The summed E-state index contributed by atoms with van der Waals surface area (Å²) in [6.07, 6.45) is -0.402. The molecule has 2 rings (SSSR count). The normalized spacial score (nSPS) is 22.1. The topological polar surface area (TPSA) is 104 Å². The molecular weight excluding hydrogens is 294 g/mol. The highest BCUT2D eigenvalue weighted by Gasteiger charge is 2.45. The third-order valence-electron chi connectivity index (χ3n) is 3.62. The Bertz CT molecular complexity index is 530. The van der Waals surface area contributed by atoms with E-state index in [1.165, 1.54) is 4.90 Å². The average Bonchev–Trinajstić information content (AvgIpc) is 2.90. The Morgan fingerprint density at radius 2 is 1.68 bits per heavy atom. The summed E-state index contributed by atoms with van der Waals surface area (Å²) < 4.78 is 0. The molecule has 2 heterocycles. The number of hydrogen-bond donors (Lipinski definition) is 0. The van der Waals surface area contributed by atoms with Crippen molar-refractivity contribution in [2.24, 2.45) is 0 Å². The molecule has 0 spiro atoms. The lowest BCUT2D eigenvalue weighted by Crippen LogP contribution is -2.39. The van der Waals surface area contributed by atoms with Gasteiger partial charge in [-0.15, -0.1) is 5.06 Å². The third kappa shape index (κ3) is 2.66. The highest BCUT2D eigenvalue weighted by Crippen LogP contribution is 2.21. The summed E-state index contributed by atoms with van der Waals surface area (Å²) in [5, 5.41) is 0.428. The maximum atomic E-state index is 12.1. The van der Waals surface area contributed by atoms with Crippen molar-refractivity contribution in [1.29, 1.82) is 0 Å². The minimum Gasteiger partial charge on any atom is -0.330 e. The maximum Gasteiger partial charge on any atom is 0.335 e. The number of urea groups is 1. The fraction of sp³-hybridized carbons (Fsp3) is 0.615. The van der Waals surface area contributed by atoms with Crippen molar-refractivity contribution in [1.82, 2.24) is 14.9 Å². The molecule has 0 bridgehead atoms. The van der Waals surface area contributed by atoms with Gasteiger partial charge in [0.1, 0.15) is 6.04 Å². The van der Waals surface area contributed by atoms with Crippen LogP contribution >= 0.6 is 0 Å². The molecule has 5 amide bonds. The van der Waals surface area contributed by atoms with Gasteiger partial charge in [-0.1, -0.05) is 0 Å². The van der Waals surface area contributed by atoms with Gasteiger partial charge in [0, 0.05) is 25.9 Å². The second kappa shape index (κ2) is 6.12. The summed E-state index contributed by atoms with van der Waals surface area (Å²) in [6.45, 7) is 3.82. The molecule has 0 aromatic carbocycles. The number of carbonyl (C=O) groups excluding carboxylic acids is 5. The predicted molar refractivity (Wildman–Crippen MR) is 70.7 cm³/mol. The lowest BCUT2D eigenvalue weighted by Gasteiger charge is -2.20. The Labute approximate surface area is 126 Å². The first-order chi connectivity index (χ1) is 10.4. The van der Waals surface area contributed by atoms with Gasteiger partial charge in [-0.05, 0) is 13.8 Å². The van der Waals surface area contributed by atoms with Crippen LogP contribution in [0.4, 0.5) is 4.79 Å². The summed E-state index contributed by atoms with van der Waals surface area (Å²) >= 11 is 0. The second-order valence-electron chi connectivity index (χ2n) is 4.92. The SMILES string of the molecule is CCN1C(=O)[C@H](CC(=O)ON2C(=O)CCC2=O)N(CC)C1=O. The number of hydroxylamine groups is 2. The first kappa shape index (κ1) is 15.9. The standard InChI is InChI=1S/C13H17N3O6/c1-3-14-8(12(20)15(4-2)13(14)21)7-11(19)22-16-9(17)5-6-10(16)18/h8H,3-7H2,1-2H3/t8-/m0/s1. The van der Waals surface area contributed by atoms with Crippen LogP contribution < -0.4 is 0 Å². The van der Waals surface area contributed by atoms with Crippen LogP contribution in [-0.2, 0) is 24.0 Å². The zero-order chi connectivity index (χ0) is 16.4. The van der Waals surface area contributed by atoms with Crippen molar-refractivity contribution < 1.29 is 28.8 Å². The van der Waals surface area contributed by atoms with Gasteiger partial charge in [0.2, 0.25) is 0 Å². The number of likely N-dealkylation sites (N-methyl/N-ethyl adjacent to an activating group) is 2. The largest absolute Gasteiger partial charge is 0.335 e. The van der Waals surface area contributed by atoms with Gasteiger partial charge in [-0.2, -0.15) is 0 Å². The van der Waals surface area contributed by atoms with E-state index in [0.29, 0.717) is 5.06 Å². The van der Waals surface area contributed by atoms with Crippen LogP contribution in [0.2, 0.25) is 0 Å². The van der Waals surface area contributed by atoms with Crippen molar-refractivity contribution in [2.75, 3.05) is 13.1 Å². The van der Waals surface area contributed by atoms with E-state index in [0.717, 1.165) is 4.90 Å². The highest BCUT2D eigenvalue weighted by atomic mass is 16.7. The van der Waals surface area contributed by atoms with Crippen LogP contribution in [0.15, 0.2) is 0 Å². The summed E-state index contributed by atoms with van der Waals surface area (Å²) in [4.78, 5) is 65.8. The Kier molecular flexibility index (Phi) is 4.43. The summed E-state index contributed by atoms with van der Waals surface area (Å²) in [5.74, 6) is -2.55. The molecule has 0 N–H and O–H groups in total. The van der Waals surface area contributed by atoms with Gasteiger partial charge in [-0.3, -0.25) is 19.3 Å². The molecule has 0 radical (unpaired) electrons. The van der Waals surface area contributed by atoms with Crippen LogP contribution in [0.1, 0.15) is 33.1 Å². The minimum atomic E-state index is -0.960. The van der Waals surface area contributed by atoms with E-state index in [1.54, 1.807) is 13.8 Å². The number of imide groups is 2. The molecule has 9 heteroatoms. The van der Waals surface area contributed by atoms with Crippen LogP contribution in [-0.4, -0.2) is 63.7 Å². The average molecular weight is 311 g/mol. The van der Waals surface area contributed by atoms with E-state index in [1.807, 2.05) is 0 Å². The number of carbonyl (C=O) groups is 5. The Morgan fingerprint density at radius 3 is 2.18 bits per heavy atom. The molecule has 2 aliphatic heterocycles. The van der Waals surface area contributed by atoms with Crippen LogP contribution in [0.25, 0.3) is 0 Å². The molecule has 2 fully saturated rings. The minimum absolute atomic E-state index is 0.00233. The smallest absolute Gasteiger partial charge is 0.330 e. The zero-order valence-electron chi connectivity index (χ0n) is 12.4. The molecule has 2 aliphatic rings. The van der Waals surface area contributed by atoms with E-state index < -0.39 is 42.2 Å². The molecule has 0 aromatic rings. The molecule has 1 atom stereocenters. The van der Waals surface area contributed by atoms with E-state index >= 15 is 0 Å². The van der Waals surface area contributed by atoms with Crippen LogP contribution in [0.3, 0.4) is 0 Å². The second-order valence-corrected chi connectivity index (χ2v) is 4.92. The number of hydrogen-bond acceptors (Lipinski definition) is 6. The summed E-state index contributed by atoms with van der Waals surface area (Å²) in [6, 6.07) is -1.42. The maximum absolute atomic E-state index is 12.1. The molecular formula is C13H17N3O6. The first-order valence-corrected chi connectivity index (χ1v) is 7.09. The molecule has 0 aliphatic carbocycles. The quantitative estimate of drug-likeness (QED) is 0.508. The summed E-state index contributed by atoms with van der Waals surface area (Å²) in [5.41, 5.74) is 0. The van der Waals surface area contributed by atoms with Crippen molar-refractivity contribution in [3.63, 3.8) is 0 Å². The monoisotopic (exact) mass is 311 g/mol. The molecule has 2 saturated heterocycles. The van der Waals surface area contributed by atoms with Gasteiger partial charge in [-0.25, -0.2) is 9.59 Å². The molecule has 0 unspecified atom stereocenters. The van der Waals surface area contributed by atoms with Crippen molar-refractivity contribution >= 4 is 29.7 Å². The molecule has 120 valence electrons. The zero-order valence-corrected chi connectivity index (χ0v) is 12.4. The fourth-order valence-corrected chi connectivity index (χ4v) is 2.49. The summed E-state index contributed by atoms with van der Waals surface area (Å²) in [7, 11) is 0. The molecule has 22 heavy (non-hydrogen) atoms. The molecule has 0 aromatic heterocycles. The van der Waals surface area contributed by atoms with Gasteiger partial charge in [0.15, 0.2) is 0 Å². The lowest BCUT2D eigenvalue weighted by molar-refractivity contribution is -0.198. The first-order valence-electron chi connectivity index (χ1n) is 7.09. The van der Waals surface area contributed by atoms with Crippen LogP contribution in [0.5, 0.6) is 0 Å².